The van der Waals surface area contributed by atoms with Gasteiger partial charge in [0.05, 0.1) is 23.2 Å². The van der Waals surface area contributed by atoms with E-state index in [1.165, 1.54) is 17.4 Å². The summed E-state index contributed by atoms with van der Waals surface area (Å²) in [6.45, 7) is 2.61. The predicted octanol–water partition coefficient (Wildman–Crippen LogP) is 4.25. The number of hydrogen-bond acceptors (Lipinski definition) is 6. The van der Waals surface area contributed by atoms with Crippen LogP contribution in [0, 0.1) is 0 Å². The highest BCUT2D eigenvalue weighted by molar-refractivity contribution is 7.85. The van der Waals surface area contributed by atoms with Gasteiger partial charge in [-0.25, -0.2) is 14.6 Å². The summed E-state index contributed by atoms with van der Waals surface area (Å²) in [6.07, 6.45) is 7.52. The van der Waals surface area contributed by atoms with Crippen molar-refractivity contribution >= 4 is 39.5 Å². The Morgan fingerprint density at radius 3 is 2.37 bits per heavy atom. The molecule has 9 nitrogen and oxygen atoms in total. The summed E-state index contributed by atoms with van der Waals surface area (Å²) in [7, 11) is -3.79. The van der Waals surface area contributed by atoms with E-state index in [1.807, 2.05) is 22.1 Å². The first-order valence-electron chi connectivity index (χ1n) is 10.8. The van der Waals surface area contributed by atoms with Gasteiger partial charge >= 0.3 is 11.9 Å². The smallest absolute Gasteiger partial charge is 0.335 e. The fourth-order valence-electron chi connectivity index (χ4n) is 3.06. The number of carboxylic acid groups (broad SMARTS) is 2. The molecule has 0 bridgehead atoms. The molecule has 3 rings (SSSR count). The lowest BCUT2D eigenvalue weighted by Crippen LogP contribution is -2.08. The second-order valence-corrected chi connectivity index (χ2v) is 10.2. The maximum Gasteiger partial charge on any atom is 0.335 e. The number of aryl methyl sites for hydroxylation is 2. The van der Waals surface area contributed by atoms with Crippen molar-refractivity contribution in [3.8, 4) is 0 Å². The molecule has 11 heteroatoms. The maximum absolute atomic E-state index is 10.9. The van der Waals surface area contributed by atoms with E-state index >= 15 is 0 Å². The number of carbonyl (C=O) groups is 2. The molecule has 0 aliphatic heterocycles. The molecule has 0 spiro atoms. The van der Waals surface area contributed by atoms with Crippen LogP contribution in [-0.2, 0) is 34.3 Å². The minimum Gasteiger partial charge on any atom is -0.478 e. The standard InChI is InChI=1S/C18H20N2O4.C6H8O3S2/c1-2-3-4-16-19-11-15(9-10-17(21)22)20(16)12-13-5-7-14(8-6-13)18(23)24;7-11(8,9)5-3-6-2-1-4-10-6/h5-11H,2-4,12H2,1H3,(H,21,22)(H,23,24);1-2,4H,3,5H2,(H,7,8,9)/b10-9+;. The molecular weight excluding hydrogens is 492 g/mol. The molecule has 0 amide bonds. The molecule has 3 aromatic rings. The summed E-state index contributed by atoms with van der Waals surface area (Å²) < 4.78 is 30.9. The molecule has 0 fully saturated rings. The van der Waals surface area contributed by atoms with Crippen molar-refractivity contribution in [1.29, 1.82) is 0 Å². The number of aliphatic carboxylic acids is 1. The van der Waals surface area contributed by atoms with Crippen molar-refractivity contribution in [2.45, 2.75) is 39.2 Å². The van der Waals surface area contributed by atoms with E-state index < -0.39 is 22.1 Å². The molecule has 0 atom stereocenters. The van der Waals surface area contributed by atoms with Crippen LogP contribution < -0.4 is 0 Å². The highest BCUT2D eigenvalue weighted by Crippen LogP contribution is 2.15. The van der Waals surface area contributed by atoms with Gasteiger partial charge in [0.1, 0.15) is 5.82 Å². The third-order valence-corrected chi connectivity index (χ3v) is 6.50. The van der Waals surface area contributed by atoms with Crippen LogP contribution in [0.25, 0.3) is 6.08 Å². The lowest BCUT2D eigenvalue weighted by atomic mass is 10.1. The molecule has 2 heterocycles. The van der Waals surface area contributed by atoms with Crippen LogP contribution in [0.3, 0.4) is 0 Å². The molecule has 35 heavy (non-hydrogen) atoms. The molecular formula is C24H28N2O7S2. The number of carboxylic acids is 2. The van der Waals surface area contributed by atoms with Gasteiger partial charge in [-0.2, -0.15) is 8.42 Å². The Balaban J connectivity index is 0.000000328. The SMILES string of the molecule is CCCCc1ncc(/C=C/C(=O)O)n1Cc1ccc(C(=O)O)cc1.O=S(=O)(O)CCc1cccs1. The Bertz CT molecular complexity index is 1230. The summed E-state index contributed by atoms with van der Waals surface area (Å²) >= 11 is 1.49. The van der Waals surface area contributed by atoms with E-state index in [2.05, 4.69) is 11.9 Å². The number of rotatable bonds is 11. The molecule has 0 saturated carbocycles. The summed E-state index contributed by atoms with van der Waals surface area (Å²) in [5.41, 5.74) is 1.88. The number of hydrogen-bond donors (Lipinski definition) is 3. The second-order valence-electron chi connectivity index (χ2n) is 7.58. The van der Waals surface area contributed by atoms with E-state index in [4.69, 9.17) is 14.8 Å². The number of nitrogens with zero attached hydrogens (tertiary/aromatic N) is 2. The van der Waals surface area contributed by atoms with Gasteiger partial charge in [0, 0.05) is 23.9 Å². The van der Waals surface area contributed by atoms with E-state index in [-0.39, 0.29) is 11.3 Å². The van der Waals surface area contributed by atoms with Gasteiger partial charge in [-0.05, 0) is 48.1 Å². The number of unbranched alkanes of at least 4 members (excludes halogenated alkanes) is 1. The summed E-state index contributed by atoms with van der Waals surface area (Å²) in [4.78, 5) is 27.0. The van der Waals surface area contributed by atoms with Crippen LogP contribution in [-0.4, -0.2) is 50.4 Å². The van der Waals surface area contributed by atoms with Crippen LogP contribution in [0.1, 0.15) is 52.1 Å². The lowest BCUT2D eigenvalue weighted by molar-refractivity contribution is -0.131. The Kier molecular flexibility index (Phi) is 10.8. The van der Waals surface area contributed by atoms with Crippen molar-refractivity contribution in [1.82, 2.24) is 9.55 Å². The molecule has 1 aromatic carbocycles. The quantitative estimate of drug-likeness (QED) is 0.251. The van der Waals surface area contributed by atoms with Crippen LogP contribution in [0.4, 0.5) is 0 Å². The lowest BCUT2D eigenvalue weighted by Gasteiger charge is -2.11. The number of benzene rings is 1. The van der Waals surface area contributed by atoms with Gasteiger partial charge in [-0.15, -0.1) is 11.3 Å². The van der Waals surface area contributed by atoms with Gasteiger partial charge in [-0.3, -0.25) is 4.55 Å². The third kappa shape index (κ3) is 10.3. The van der Waals surface area contributed by atoms with Crippen molar-refractivity contribution in [2.24, 2.45) is 0 Å². The first-order chi connectivity index (χ1) is 16.6. The number of aromatic nitrogens is 2. The fourth-order valence-corrected chi connectivity index (χ4v) is 4.37. The van der Waals surface area contributed by atoms with E-state index in [0.29, 0.717) is 18.7 Å². The van der Waals surface area contributed by atoms with Gasteiger partial charge in [0.2, 0.25) is 0 Å². The largest absolute Gasteiger partial charge is 0.478 e. The molecule has 0 aliphatic rings. The van der Waals surface area contributed by atoms with E-state index in [0.717, 1.165) is 41.6 Å². The fraction of sp³-hybridized carbons (Fsp3) is 0.292. The van der Waals surface area contributed by atoms with E-state index in [9.17, 15) is 18.0 Å². The van der Waals surface area contributed by atoms with Crippen LogP contribution in [0.15, 0.2) is 54.1 Å². The molecule has 0 unspecified atom stereocenters. The topological polar surface area (TPSA) is 147 Å². The zero-order valence-electron chi connectivity index (χ0n) is 19.2. The van der Waals surface area contributed by atoms with Crippen molar-refractivity contribution < 1.29 is 32.8 Å². The van der Waals surface area contributed by atoms with Crippen LogP contribution >= 0.6 is 11.3 Å². The monoisotopic (exact) mass is 520 g/mol. The van der Waals surface area contributed by atoms with Gasteiger partial charge in [0.25, 0.3) is 10.1 Å². The Morgan fingerprint density at radius 1 is 1.11 bits per heavy atom. The van der Waals surface area contributed by atoms with Crippen molar-refractivity contribution in [3.05, 3.63) is 81.6 Å². The summed E-state index contributed by atoms with van der Waals surface area (Å²) in [6, 6.07) is 10.3. The maximum atomic E-state index is 10.9. The number of thiophene rings is 1. The zero-order valence-corrected chi connectivity index (χ0v) is 20.8. The van der Waals surface area contributed by atoms with Crippen molar-refractivity contribution in [2.75, 3.05) is 5.75 Å². The number of imidazole rings is 1. The third-order valence-electron chi connectivity index (χ3n) is 4.85. The Hall–Kier alpha value is -3.28. The molecule has 0 aliphatic carbocycles. The van der Waals surface area contributed by atoms with Gasteiger partial charge < -0.3 is 14.8 Å². The number of aromatic carboxylic acids is 1. The minimum atomic E-state index is -3.79. The molecule has 0 saturated heterocycles. The van der Waals surface area contributed by atoms with Gasteiger partial charge in [0.15, 0.2) is 0 Å². The highest BCUT2D eigenvalue weighted by atomic mass is 32.2. The van der Waals surface area contributed by atoms with E-state index in [1.54, 1.807) is 30.5 Å². The van der Waals surface area contributed by atoms with Crippen LogP contribution in [0.2, 0.25) is 0 Å². The van der Waals surface area contributed by atoms with Gasteiger partial charge in [-0.1, -0.05) is 31.5 Å². The minimum absolute atomic E-state index is 0.187. The summed E-state index contributed by atoms with van der Waals surface area (Å²) in [5, 5.41) is 19.6. The van der Waals surface area contributed by atoms with Crippen molar-refractivity contribution in [3.63, 3.8) is 0 Å². The Morgan fingerprint density at radius 2 is 1.83 bits per heavy atom. The predicted molar refractivity (Wildman–Crippen MR) is 134 cm³/mol. The Labute approximate surface area is 208 Å². The molecule has 2 aromatic heterocycles. The second kappa shape index (κ2) is 13.6. The molecule has 188 valence electrons. The average Bonchev–Trinajstić information content (AvgIpc) is 3.45. The molecule has 3 N–H and O–H groups in total. The van der Waals surface area contributed by atoms with Crippen LogP contribution in [0.5, 0.6) is 0 Å². The average molecular weight is 521 g/mol. The molecule has 0 radical (unpaired) electrons. The first kappa shape index (κ1) is 28.0. The zero-order chi connectivity index (χ0) is 25.8. The first-order valence-corrected chi connectivity index (χ1v) is 13.3. The highest BCUT2D eigenvalue weighted by Gasteiger charge is 2.10. The normalized spacial score (nSPS) is 11.3. The summed E-state index contributed by atoms with van der Waals surface area (Å²) in [5.74, 6) is -1.26.